The smallest absolute Gasteiger partial charge is 0.0717 e. The van der Waals surface area contributed by atoms with E-state index in [0.29, 0.717) is 0 Å². The van der Waals surface area contributed by atoms with Gasteiger partial charge in [-0.15, -0.1) is 0 Å². The lowest BCUT2D eigenvalue weighted by molar-refractivity contribution is 0.116. The van der Waals surface area contributed by atoms with Gasteiger partial charge in [-0.3, -0.25) is 0 Å². The monoisotopic (exact) mass is 325 g/mol. The summed E-state index contributed by atoms with van der Waals surface area (Å²) in [6.07, 6.45) is 7.87. The van der Waals surface area contributed by atoms with Crippen LogP contribution in [0.2, 0.25) is 0 Å². The maximum atomic E-state index is 5.69. The van der Waals surface area contributed by atoms with Crippen molar-refractivity contribution >= 4 is 15.9 Å². The van der Waals surface area contributed by atoms with Gasteiger partial charge in [0.25, 0.3) is 0 Å². The minimum Gasteiger partial charge on any atom is -0.377 e. The second-order valence-electron chi connectivity index (χ2n) is 5.33. The molecule has 19 heavy (non-hydrogen) atoms. The summed E-state index contributed by atoms with van der Waals surface area (Å²) in [5.74, 6) is 0. The summed E-state index contributed by atoms with van der Waals surface area (Å²) < 4.78 is 6.82. The van der Waals surface area contributed by atoms with Crippen LogP contribution < -0.4 is 5.32 Å². The lowest BCUT2D eigenvalue weighted by atomic mass is 10.2. The van der Waals surface area contributed by atoms with Crippen LogP contribution in [0.4, 0.5) is 0 Å². The first-order chi connectivity index (χ1) is 9.34. The highest BCUT2D eigenvalue weighted by molar-refractivity contribution is 9.10. The average molecular weight is 326 g/mol. The molecule has 2 nitrogen and oxygen atoms in total. The van der Waals surface area contributed by atoms with E-state index in [1.165, 1.54) is 50.6 Å². The second-order valence-corrected chi connectivity index (χ2v) is 6.24. The van der Waals surface area contributed by atoms with Crippen molar-refractivity contribution in [2.45, 2.75) is 51.2 Å². The number of nitrogens with one attached hydrogen (secondary N) is 1. The Morgan fingerprint density at radius 2 is 2.00 bits per heavy atom. The molecule has 1 fully saturated rings. The van der Waals surface area contributed by atoms with Gasteiger partial charge in [0.05, 0.1) is 6.61 Å². The number of rotatable bonds is 10. The first-order valence-electron chi connectivity index (χ1n) is 7.40. The molecule has 1 aliphatic carbocycles. The standard InChI is InChI=1S/C16H24BrNO/c17-15-7-5-6-14(12-15)13-19-11-4-2-1-3-10-18-16-8-9-16/h5-7,12,16,18H,1-4,8-11,13H2. The molecule has 1 N–H and O–H groups in total. The summed E-state index contributed by atoms with van der Waals surface area (Å²) in [7, 11) is 0. The summed E-state index contributed by atoms with van der Waals surface area (Å²) >= 11 is 3.47. The molecule has 1 saturated carbocycles. The van der Waals surface area contributed by atoms with E-state index in [4.69, 9.17) is 4.74 Å². The number of benzene rings is 1. The van der Waals surface area contributed by atoms with Gasteiger partial charge in [-0.2, -0.15) is 0 Å². The molecule has 106 valence electrons. The Labute approximate surface area is 125 Å². The van der Waals surface area contributed by atoms with Crippen LogP contribution in [0.1, 0.15) is 44.1 Å². The highest BCUT2D eigenvalue weighted by Crippen LogP contribution is 2.18. The lowest BCUT2D eigenvalue weighted by Gasteiger charge is -2.05. The third-order valence-corrected chi connectivity index (χ3v) is 3.88. The zero-order chi connectivity index (χ0) is 13.3. The van der Waals surface area contributed by atoms with Crippen LogP contribution in [0.3, 0.4) is 0 Å². The molecular weight excluding hydrogens is 302 g/mol. The first kappa shape index (κ1) is 15.0. The van der Waals surface area contributed by atoms with Crippen LogP contribution in [0.25, 0.3) is 0 Å². The predicted molar refractivity (Wildman–Crippen MR) is 83.3 cm³/mol. The molecule has 3 heteroatoms. The van der Waals surface area contributed by atoms with E-state index in [1.807, 2.05) is 6.07 Å². The van der Waals surface area contributed by atoms with Gasteiger partial charge in [-0.1, -0.05) is 40.9 Å². The normalized spacial score (nSPS) is 14.8. The van der Waals surface area contributed by atoms with Crippen LogP contribution in [-0.2, 0) is 11.3 Å². The molecule has 0 spiro atoms. The van der Waals surface area contributed by atoms with Crippen molar-refractivity contribution in [3.63, 3.8) is 0 Å². The Hall–Kier alpha value is -0.380. The number of unbranched alkanes of at least 4 members (excludes halogenated alkanes) is 3. The summed E-state index contributed by atoms with van der Waals surface area (Å²) in [6, 6.07) is 9.17. The van der Waals surface area contributed by atoms with Crippen molar-refractivity contribution in [1.29, 1.82) is 0 Å². The summed E-state index contributed by atoms with van der Waals surface area (Å²) in [5, 5.41) is 3.55. The van der Waals surface area contributed by atoms with Crippen molar-refractivity contribution < 1.29 is 4.74 Å². The van der Waals surface area contributed by atoms with Crippen LogP contribution in [0, 0.1) is 0 Å². The Balaban J connectivity index is 1.39. The second kappa shape index (κ2) is 8.72. The van der Waals surface area contributed by atoms with Crippen LogP contribution >= 0.6 is 15.9 Å². The number of halogens is 1. The largest absolute Gasteiger partial charge is 0.377 e. The van der Waals surface area contributed by atoms with Gasteiger partial charge in [0, 0.05) is 17.1 Å². The third kappa shape index (κ3) is 7.09. The average Bonchev–Trinajstić information content (AvgIpc) is 3.21. The topological polar surface area (TPSA) is 21.3 Å². The molecule has 0 aromatic heterocycles. The molecular formula is C16H24BrNO. The lowest BCUT2D eigenvalue weighted by Crippen LogP contribution is -2.17. The molecule has 0 saturated heterocycles. The van der Waals surface area contributed by atoms with Crippen molar-refractivity contribution in [2.24, 2.45) is 0 Å². The fourth-order valence-electron chi connectivity index (χ4n) is 2.09. The van der Waals surface area contributed by atoms with Crippen molar-refractivity contribution in [2.75, 3.05) is 13.2 Å². The highest BCUT2D eigenvalue weighted by atomic mass is 79.9. The van der Waals surface area contributed by atoms with Gasteiger partial charge in [-0.25, -0.2) is 0 Å². The molecule has 1 aliphatic rings. The molecule has 0 radical (unpaired) electrons. The van der Waals surface area contributed by atoms with Gasteiger partial charge in [-0.05, 0) is 49.9 Å². The maximum absolute atomic E-state index is 5.69. The van der Waals surface area contributed by atoms with Crippen molar-refractivity contribution in [1.82, 2.24) is 5.32 Å². The third-order valence-electron chi connectivity index (χ3n) is 3.38. The van der Waals surface area contributed by atoms with Crippen LogP contribution in [0.15, 0.2) is 28.7 Å². The van der Waals surface area contributed by atoms with E-state index in [-0.39, 0.29) is 0 Å². The van der Waals surface area contributed by atoms with Gasteiger partial charge in [0.15, 0.2) is 0 Å². The molecule has 0 atom stereocenters. The fraction of sp³-hybridized carbons (Fsp3) is 0.625. The first-order valence-corrected chi connectivity index (χ1v) is 8.19. The Kier molecular flexibility index (Phi) is 6.90. The van der Waals surface area contributed by atoms with E-state index >= 15 is 0 Å². The Bertz CT molecular complexity index is 366. The fourth-order valence-corrected chi connectivity index (χ4v) is 2.54. The molecule has 1 aromatic carbocycles. The minimum absolute atomic E-state index is 0.725. The predicted octanol–water partition coefficient (Wildman–Crippen LogP) is 4.28. The van der Waals surface area contributed by atoms with Crippen molar-refractivity contribution in [3.05, 3.63) is 34.3 Å². The van der Waals surface area contributed by atoms with Gasteiger partial charge < -0.3 is 10.1 Å². The summed E-state index contributed by atoms with van der Waals surface area (Å²) in [4.78, 5) is 0. The molecule has 0 aliphatic heterocycles. The van der Waals surface area contributed by atoms with E-state index in [9.17, 15) is 0 Å². The van der Waals surface area contributed by atoms with Gasteiger partial charge >= 0.3 is 0 Å². The van der Waals surface area contributed by atoms with Crippen LogP contribution in [-0.4, -0.2) is 19.2 Å². The van der Waals surface area contributed by atoms with E-state index in [1.54, 1.807) is 0 Å². The molecule has 0 unspecified atom stereocenters. The summed E-state index contributed by atoms with van der Waals surface area (Å²) in [5.41, 5.74) is 1.24. The molecule has 0 heterocycles. The number of hydrogen-bond donors (Lipinski definition) is 1. The summed E-state index contributed by atoms with van der Waals surface area (Å²) in [6.45, 7) is 2.80. The zero-order valence-corrected chi connectivity index (χ0v) is 13.1. The SMILES string of the molecule is Brc1cccc(COCCCCCCNC2CC2)c1. The molecule has 0 bridgehead atoms. The Morgan fingerprint density at radius 3 is 2.79 bits per heavy atom. The maximum Gasteiger partial charge on any atom is 0.0717 e. The quantitative estimate of drug-likeness (QED) is 0.648. The molecule has 2 rings (SSSR count). The van der Waals surface area contributed by atoms with E-state index in [2.05, 4.69) is 39.4 Å². The van der Waals surface area contributed by atoms with E-state index in [0.717, 1.165) is 23.7 Å². The minimum atomic E-state index is 0.725. The van der Waals surface area contributed by atoms with Gasteiger partial charge in [0.1, 0.15) is 0 Å². The van der Waals surface area contributed by atoms with Crippen molar-refractivity contribution in [3.8, 4) is 0 Å². The van der Waals surface area contributed by atoms with E-state index < -0.39 is 0 Å². The Morgan fingerprint density at radius 1 is 1.16 bits per heavy atom. The molecule has 1 aromatic rings. The highest BCUT2D eigenvalue weighted by Gasteiger charge is 2.19. The molecule has 0 amide bonds. The number of hydrogen-bond acceptors (Lipinski definition) is 2. The number of ether oxygens (including phenoxy) is 1. The van der Waals surface area contributed by atoms with Gasteiger partial charge in [0.2, 0.25) is 0 Å². The van der Waals surface area contributed by atoms with Crippen LogP contribution in [0.5, 0.6) is 0 Å². The zero-order valence-electron chi connectivity index (χ0n) is 11.5.